The van der Waals surface area contributed by atoms with Gasteiger partial charge in [-0.25, -0.2) is 8.42 Å². The van der Waals surface area contributed by atoms with Crippen LogP contribution in [-0.2, 0) is 10.0 Å². The normalized spacial score (nSPS) is 13.0. The Bertz CT molecular complexity index is 1040. The summed E-state index contributed by atoms with van der Waals surface area (Å²) in [4.78, 5) is -0.196. The second-order valence-corrected chi connectivity index (χ2v) is 8.57. The average molecular weight is 447 g/mol. The maximum Gasteiger partial charge on any atom is 0.408 e. The van der Waals surface area contributed by atoms with Gasteiger partial charge in [0.05, 0.1) is 15.5 Å². The van der Waals surface area contributed by atoms with Gasteiger partial charge in [-0.2, -0.15) is 23.2 Å². The Hall–Kier alpha value is -2.28. The summed E-state index contributed by atoms with van der Waals surface area (Å²) in [5, 5.41) is 8.85. The molecule has 10 heteroatoms. The van der Waals surface area contributed by atoms with Crippen molar-refractivity contribution in [2.75, 3.05) is 6.61 Å². The van der Waals surface area contributed by atoms with Crippen molar-refractivity contribution in [2.24, 2.45) is 0 Å². The number of ether oxygens (including phenoxy) is 1. The number of alkyl halides is 3. The van der Waals surface area contributed by atoms with Crippen molar-refractivity contribution in [3.05, 3.63) is 57.6 Å². The summed E-state index contributed by atoms with van der Waals surface area (Å²) >= 11 is 5.83. The molecule has 1 N–H and O–H groups in total. The lowest BCUT2D eigenvalue weighted by molar-refractivity contribution is -0.157. The highest BCUT2D eigenvalue weighted by Gasteiger charge is 2.43. The molecule has 0 spiro atoms. The SMILES string of the molecule is Cc1cc(C)c(S(=O)(=O)NC(COc2ccc(C#N)c(Cl)c2)C(F)(F)F)c(C)c1. The number of sulfonamides is 1. The highest BCUT2D eigenvalue weighted by atomic mass is 35.5. The van der Waals surface area contributed by atoms with Crippen LogP contribution < -0.4 is 9.46 Å². The number of aryl methyl sites for hydroxylation is 3. The number of nitriles is 1. The summed E-state index contributed by atoms with van der Waals surface area (Å²) in [5.41, 5.74) is 1.62. The van der Waals surface area contributed by atoms with Crippen LogP contribution in [0, 0.1) is 32.1 Å². The molecule has 1 unspecified atom stereocenters. The van der Waals surface area contributed by atoms with E-state index in [1.54, 1.807) is 23.8 Å². The van der Waals surface area contributed by atoms with Crippen LogP contribution in [0.15, 0.2) is 35.2 Å². The summed E-state index contributed by atoms with van der Waals surface area (Å²) in [6.45, 7) is 3.80. The topological polar surface area (TPSA) is 79.2 Å². The Balaban J connectivity index is 2.28. The van der Waals surface area contributed by atoms with Gasteiger partial charge in [0.25, 0.3) is 0 Å². The Morgan fingerprint density at radius 3 is 2.24 bits per heavy atom. The van der Waals surface area contributed by atoms with E-state index in [1.165, 1.54) is 32.0 Å². The van der Waals surface area contributed by atoms with E-state index in [-0.39, 0.29) is 21.2 Å². The van der Waals surface area contributed by atoms with Gasteiger partial charge in [0.1, 0.15) is 18.4 Å². The molecule has 0 aliphatic carbocycles. The van der Waals surface area contributed by atoms with E-state index >= 15 is 0 Å². The van der Waals surface area contributed by atoms with E-state index in [0.29, 0.717) is 11.1 Å². The summed E-state index contributed by atoms with van der Waals surface area (Å²) < 4.78 is 72.5. The first-order chi connectivity index (χ1) is 13.3. The van der Waals surface area contributed by atoms with Crippen molar-refractivity contribution in [2.45, 2.75) is 37.9 Å². The molecule has 5 nitrogen and oxygen atoms in total. The molecule has 0 aliphatic rings. The van der Waals surface area contributed by atoms with Crippen LogP contribution in [0.25, 0.3) is 0 Å². The van der Waals surface area contributed by atoms with Gasteiger partial charge >= 0.3 is 6.18 Å². The Kier molecular flexibility index (Phi) is 6.83. The molecule has 0 amide bonds. The van der Waals surface area contributed by atoms with Crippen LogP contribution >= 0.6 is 11.6 Å². The molecule has 0 heterocycles. The number of hydrogen-bond acceptors (Lipinski definition) is 4. The number of hydrogen-bond donors (Lipinski definition) is 1. The molecule has 0 saturated heterocycles. The molecule has 0 aliphatic heterocycles. The Morgan fingerprint density at radius 1 is 1.17 bits per heavy atom. The minimum Gasteiger partial charge on any atom is -0.492 e. The Morgan fingerprint density at radius 2 is 1.76 bits per heavy atom. The van der Waals surface area contributed by atoms with Gasteiger partial charge < -0.3 is 4.74 Å². The van der Waals surface area contributed by atoms with E-state index in [4.69, 9.17) is 21.6 Å². The molecule has 1 atom stereocenters. The zero-order chi connectivity index (χ0) is 22.0. The van der Waals surface area contributed by atoms with E-state index in [0.717, 1.165) is 5.56 Å². The van der Waals surface area contributed by atoms with Gasteiger partial charge in [-0.3, -0.25) is 0 Å². The molecule has 2 rings (SSSR count). The van der Waals surface area contributed by atoms with Crippen LogP contribution in [0.2, 0.25) is 5.02 Å². The van der Waals surface area contributed by atoms with Gasteiger partial charge in [-0.05, 0) is 44.0 Å². The smallest absolute Gasteiger partial charge is 0.408 e. The molecule has 2 aromatic rings. The van der Waals surface area contributed by atoms with Crippen LogP contribution in [0.4, 0.5) is 13.2 Å². The maximum atomic E-state index is 13.5. The molecule has 0 aromatic heterocycles. The molecular formula is C19H18ClF3N2O3S. The molecule has 29 heavy (non-hydrogen) atoms. The van der Waals surface area contributed by atoms with Crippen LogP contribution in [0.5, 0.6) is 5.75 Å². The highest BCUT2D eigenvalue weighted by molar-refractivity contribution is 7.89. The van der Waals surface area contributed by atoms with Gasteiger partial charge in [0.2, 0.25) is 10.0 Å². The molecule has 0 fully saturated rings. The van der Waals surface area contributed by atoms with Gasteiger partial charge in [-0.1, -0.05) is 29.3 Å². The summed E-state index contributed by atoms with van der Waals surface area (Å²) in [6, 6.07) is 6.26. The lowest BCUT2D eigenvalue weighted by atomic mass is 10.1. The number of nitrogens with zero attached hydrogens (tertiary/aromatic N) is 1. The van der Waals surface area contributed by atoms with Crippen molar-refractivity contribution in [1.29, 1.82) is 5.26 Å². The van der Waals surface area contributed by atoms with Crippen molar-refractivity contribution in [3.8, 4) is 11.8 Å². The first-order valence-corrected chi connectivity index (χ1v) is 10.2. The van der Waals surface area contributed by atoms with E-state index < -0.39 is 28.8 Å². The average Bonchev–Trinajstić information content (AvgIpc) is 2.56. The largest absolute Gasteiger partial charge is 0.492 e. The summed E-state index contributed by atoms with van der Waals surface area (Å²) in [5.74, 6) is -0.0230. The van der Waals surface area contributed by atoms with Crippen molar-refractivity contribution >= 4 is 21.6 Å². The van der Waals surface area contributed by atoms with Gasteiger partial charge in [0.15, 0.2) is 6.04 Å². The Labute approximate surface area is 172 Å². The lowest BCUT2D eigenvalue weighted by Gasteiger charge is -2.23. The predicted molar refractivity (Wildman–Crippen MR) is 102 cm³/mol. The van der Waals surface area contributed by atoms with Gasteiger partial charge in [-0.15, -0.1) is 0 Å². The van der Waals surface area contributed by atoms with Gasteiger partial charge in [0, 0.05) is 6.07 Å². The van der Waals surface area contributed by atoms with Crippen LogP contribution in [0.3, 0.4) is 0 Å². The van der Waals surface area contributed by atoms with Crippen LogP contribution in [-0.4, -0.2) is 27.2 Å². The highest BCUT2D eigenvalue weighted by Crippen LogP contribution is 2.27. The van der Waals surface area contributed by atoms with Crippen molar-refractivity contribution in [3.63, 3.8) is 0 Å². The molecule has 0 bridgehead atoms. The number of benzene rings is 2. The third-order valence-corrected chi connectivity index (χ3v) is 6.13. The quantitative estimate of drug-likeness (QED) is 0.712. The van der Waals surface area contributed by atoms with E-state index in [9.17, 15) is 21.6 Å². The fraction of sp³-hybridized carbons (Fsp3) is 0.316. The van der Waals surface area contributed by atoms with Crippen molar-refractivity contribution < 1.29 is 26.3 Å². The minimum absolute atomic E-state index is 0.0139. The zero-order valence-corrected chi connectivity index (χ0v) is 17.3. The fourth-order valence-electron chi connectivity index (χ4n) is 2.89. The van der Waals surface area contributed by atoms with E-state index in [2.05, 4.69) is 0 Å². The number of halogens is 4. The molecule has 156 valence electrons. The standard InChI is InChI=1S/C19H18ClF3N2O3S/c1-11-6-12(2)18(13(3)7-11)29(26,27)25-17(19(21,22)23)10-28-15-5-4-14(9-24)16(20)8-15/h4-8,17,25H,10H2,1-3H3. The second-order valence-electron chi connectivity index (χ2n) is 6.51. The second kappa shape index (κ2) is 8.61. The fourth-order valence-corrected chi connectivity index (χ4v) is 4.76. The number of nitrogens with one attached hydrogen (secondary N) is 1. The number of rotatable bonds is 6. The minimum atomic E-state index is -4.89. The summed E-state index contributed by atoms with van der Waals surface area (Å²) in [6.07, 6.45) is -4.89. The van der Waals surface area contributed by atoms with E-state index in [1.807, 2.05) is 6.07 Å². The predicted octanol–water partition coefficient (Wildman–Crippen LogP) is 4.43. The monoisotopic (exact) mass is 446 g/mol. The third kappa shape index (κ3) is 5.63. The zero-order valence-electron chi connectivity index (χ0n) is 15.8. The first kappa shape index (κ1) is 23.0. The third-order valence-electron chi connectivity index (χ3n) is 4.04. The molecule has 0 radical (unpaired) electrons. The lowest BCUT2D eigenvalue weighted by Crippen LogP contribution is -2.49. The summed E-state index contributed by atoms with van der Waals surface area (Å²) in [7, 11) is -4.46. The maximum absolute atomic E-state index is 13.5. The molecular weight excluding hydrogens is 429 g/mol. The molecule has 2 aromatic carbocycles. The van der Waals surface area contributed by atoms with Crippen molar-refractivity contribution in [1.82, 2.24) is 4.72 Å². The van der Waals surface area contributed by atoms with Crippen LogP contribution in [0.1, 0.15) is 22.3 Å². The molecule has 0 saturated carbocycles. The first-order valence-electron chi connectivity index (χ1n) is 8.34.